The van der Waals surface area contributed by atoms with Gasteiger partial charge in [0, 0.05) is 5.92 Å². The maximum Gasteiger partial charge on any atom is 0.240 e. The van der Waals surface area contributed by atoms with Crippen molar-refractivity contribution in [2.45, 2.75) is 83.1 Å². The molecular formula is C29H43BrO4Si. The van der Waals surface area contributed by atoms with Gasteiger partial charge in [-0.3, -0.25) is 0 Å². The first-order valence-corrected chi connectivity index (χ1v) is 15.3. The molecule has 5 unspecified atom stereocenters. The molecule has 0 radical (unpaired) electrons. The molecule has 5 atom stereocenters. The van der Waals surface area contributed by atoms with Gasteiger partial charge in [-0.25, -0.2) is 0 Å². The number of hydrogen-bond acceptors (Lipinski definition) is 4. The topological polar surface area (TPSA) is 58.9 Å². The van der Waals surface area contributed by atoms with Crippen molar-refractivity contribution >= 4 is 35.3 Å². The van der Waals surface area contributed by atoms with Crippen molar-refractivity contribution < 1.29 is 19.4 Å². The fraction of sp³-hybridized carbons (Fsp3) is 0.586. The smallest absolute Gasteiger partial charge is 0.240 e. The van der Waals surface area contributed by atoms with Crippen molar-refractivity contribution in [1.29, 1.82) is 0 Å². The molecule has 0 aromatic heterocycles. The molecule has 3 rings (SSSR count). The van der Waals surface area contributed by atoms with Gasteiger partial charge in [-0.1, -0.05) is 108 Å². The monoisotopic (exact) mass is 562 g/mol. The Morgan fingerprint density at radius 3 is 2.09 bits per heavy atom. The Morgan fingerprint density at radius 1 is 1.09 bits per heavy atom. The molecular weight excluding hydrogens is 520 g/mol. The molecule has 1 fully saturated rings. The van der Waals surface area contributed by atoms with E-state index in [2.05, 4.69) is 67.9 Å². The highest BCUT2D eigenvalue weighted by molar-refractivity contribution is 9.10. The molecule has 4 nitrogen and oxygen atoms in total. The summed E-state index contributed by atoms with van der Waals surface area (Å²) in [6.45, 7) is 11.2. The lowest BCUT2D eigenvalue weighted by molar-refractivity contribution is -0.188. The van der Waals surface area contributed by atoms with Crippen LogP contribution in [-0.2, 0) is 9.16 Å². The Kier molecular flexibility index (Phi) is 9.80. The molecule has 1 heterocycles. The molecule has 2 aromatic rings. The van der Waals surface area contributed by atoms with Gasteiger partial charge in [-0.05, 0) is 56.9 Å². The third kappa shape index (κ3) is 8.24. The van der Waals surface area contributed by atoms with Crippen LogP contribution in [0.25, 0.3) is 0 Å². The molecule has 1 saturated heterocycles. The summed E-state index contributed by atoms with van der Waals surface area (Å²) in [5.41, 5.74) is -0.887. The highest BCUT2D eigenvalue weighted by Gasteiger charge is 2.51. The summed E-state index contributed by atoms with van der Waals surface area (Å²) in [6.07, 6.45) is 3.72. The number of benzene rings is 2. The van der Waals surface area contributed by atoms with E-state index in [1.54, 1.807) is 0 Å². The van der Waals surface area contributed by atoms with Crippen LogP contribution in [0.4, 0.5) is 0 Å². The van der Waals surface area contributed by atoms with Gasteiger partial charge in [0.2, 0.25) is 13.7 Å². The van der Waals surface area contributed by atoms with E-state index in [1.165, 1.54) is 10.4 Å². The summed E-state index contributed by atoms with van der Waals surface area (Å²) < 4.78 is 11.2. The maximum atomic E-state index is 12.0. The first kappa shape index (κ1) is 28.5. The van der Waals surface area contributed by atoms with Crippen LogP contribution in [-0.4, -0.2) is 42.3 Å². The molecule has 0 saturated carbocycles. The van der Waals surface area contributed by atoms with Crippen LogP contribution >= 0.6 is 15.9 Å². The summed E-state index contributed by atoms with van der Waals surface area (Å²) in [6, 6.07) is 20.6. The van der Waals surface area contributed by atoms with Crippen LogP contribution in [0.5, 0.6) is 0 Å². The fourth-order valence-corrected chi connectivity index (χ4v) is 8.04. The lowest BCUT2D eigenvalue weighted by Crippen LogP contribution is -2.52. The van der Waals surface area contributed by atoms with Gasteiger partial charge in [0.15, 0.2) is 0 Å². The average Bonchev–Trinajstić information content (AvgIpc) is 3.07. The van der Waals surface area contributed by atoms with E-state index >= 15 is 0 Å². The molecule has 0 aliphatic carbocycles. The lowest BCUT2D eigenvalue weighted by Gasteiger charge is -2.36. The van der Waals surface area contributed by atoms with E-state index < -0.39 is 25.4 Å². The highest BCUT2D eigenvalue weighted by atomic mass is 79.9. The van der Waals surface area contributed by atoms with Crippen LogP contribution in [0.3, 0.4) is 0 Å². The highest BCUT2D eigenvalue weighted by Crippen LogP contribution is 2.43. The Hall–Kier alpha value is -1.02. The van der Waals surface area contributed by atoms with Gasteiger partial charge < -0.3 is 19.4 Å². The van der Waals surface area contributed by atoms with Gasteiger partial charge in [-0.15, -0.1) is 0 Å². The van der Waals surface area contributed by atoms with Crippen molar-refractivity contribution in [3.63, 3.8) is 0 Å². The zero-order chi connectivity index (χ0) is 25.7. The Labute approximate surface area is 221 Å². The van der Waals surface area contributed by atoms with Crippen molar-refractivity contribution in [3.05, 3.63) is 60.7 Å². The number of aliphatic hydroxyl groups is 2. The van der Waals surface area contributed by atoms with Gasteiger partial charge in [0.25, 0.3) is 0 Å². The van der Waals surface area contributed by atoms with Gasteiger partial charge in [0.1, 0.15) is 5.60 Å². The number of halogens is 1. The molecule has 6 heteroatoms. The van der Waals surface area contributed by atoms with E-state index in [-0.39, 0.29) is 12.5 Å². The number of hydrogen-bond donors (Lipinski definition) is 2. The van der Waals surface area contributed by atoms with E-state index in [4.69, 9.17) is 9.16 Å². The van der Waals surface area contributed by atoms with Gasteiger partial charge >= 0.3 is 0 Å². The number of rotatable bonds is 11. The normalized spacial score (nSPS) is 25.5. The van der Waals surface area contributed by atoms with Crippen LogP contribution in [0.15, 0.2) is 60.7 Å². The number of ether oxygens (including phenoxy) is 1. The first-order valence-electron chi connectivity index (χ1n) is 12.9. The molecule has 35 heavy (non-hydrogen) atoms. The fourth-order valence-electron chi connectivity index (χ4n) is 5.26. The molecule has 1 aliphatic heterocycles. The molecule has 194 valence electrons. The summed E-state index contributed by atoms with van der Waals surface area (Å²) >= 11 is 3.31. The zero-order valence-electron chi connectivity index (χ0n) is 21.9. The van der Waals surface area contributed by atoms with E-state index in [1.807, 2.05) is 43.3 Å². The average molecular weight is 564 g/mol. The second kappa shape index (κ2) is 12.0. The standard InChI is InChI=1S/C29H43BrO4Si/c1-22(20-27(3,4)5)13-12-18-28(31,26-19-23(2)29(30,32)34-26)21-33-35(24-14-8-6-9-15-24)25-16-10-7-11-17-25/h6-11,14-17,22-23,26,31-32,35H,12-13,18-21H2,1-5H3. The SMILES string of the molecule is CC(CCCC(O)(CO[SiH](c1ccccc1)c1ccccc1)C1CC(C)C(O)(Br)O1)CC(C)(C)C. The summed E-state index contributed by atoms with van der Waals surface area (Å²) in [5.74, 6) is 0.447. The first-order chi connectivity index (χ1) is 16.4. The third-order valence-electron chi connectivity index (χ3n) is 7.05. The van der Waals surface area contributed by atoms with Crippen LogP contribution in [0.1, 0.15) is 66.7 Å². The Morgan fingerprint density at radius 2 is 1.63 bits per heavy atom. The zero-order valence-corrected chi connectivity index (χ0v) is 24.7. The minimum absolute atomic E-state index is 0.130. The summed E-state index contributed by atoms with van der Waals surface area (Å²) in [7, 11) is -2.01. The molecule has 0 spiro atoms. The minimum Gasteiger partial charge on any atom is -0.408 e. The Bertz CT molecular complexity index is 862. The van der Waals surface area contributed by atoms with E-state index in [9.17, 15) is 10.2 Å². The number of alkyl halides is 1. The minimum atomic E-state index is -2.01. The quantitative estimate of drug-likeness (QED) is 0.299. The maximum absolute atomic E-state index is 12.0. The van der Waals surface area contributed by atoms with E-state index in [0.29, 0.717) is 24.2 Å². The predicted molar refractivity (Wildman–Crippen MR) is 150 cm³/mol. The predicted octanol–water partition coefficient (Wildman–Crippen LogP) is 4.98. The van der Waals surface area contributed by atoms with E-state index in [0.717, 1.165) is 19.3 Å². The molecule has 0 amide bonds. The van der Waals surface area contributed by atoms with Gasteiger partial charge in [0.05, 0.1) is 12.7 Å². The summed E-state index contributed by atoms with van der Waals surface area (Å²) in [4.78, 5) is 0. The van der Waals surface area contributed by atoms with Crippen molar-refractivity contribution in [2.75, 3.05) is 6.61 Å². The van der Waals surface area contributed by atoms with Gasteiger partial charge in [-0.2, -0.15) is 0 Å². The van der Waals surface area contributed by atoms with Crippen molar-refractivity contribution in [1.82, 2.24) is 0 Å². The van der Waals surface area contributed by atoms with Crippen LogP contribution in [0, 0.1) is 17.3 Å². The molecule has 2 N–H and O–H groups in total. The van der Waals surface area contributed by atoms with Crippen molar-refractivity contribution in [2.24, 2.45) is 17.3 Å². The molecule has 2 aromatic carbocycles. The van der Waals surface area contributed by atoms with Crippen LogP contribution in [0.2, 0.25) is 0 Å². The second-order valence-corrected chi connectivity index (χ2v) is 15.3. The second-order valence-electron chi connectivity index (χ2n) is 11.7. The summed E-state index contributed by atoms with van der Waals surface area (Å²) in [5, 5.41) is 25.0. The molecule has 0 bridgehead atoms. The van der Waals surface area contributed by atoms with Crippen LogP contribution < -0.4 is 10.4 Å². The third-order valence-corrected chi connectivity index (χ3v) is 10.5. The van der Waals surface area contributed by atoms with Crippen molar-refractivity contribution in [3.8, 4) is 0 Å². The largest absolute Gasteiger partial charge is 0.408 e. The lowest BCUT2D eigenvalue weighted by atomic mass is 9.81. The Balaban J connectivity index is 1.77. The molecule has 1 aliphatic rings.